The standard InChI is InChI=1S/C19H19N3O4S/c1-25-15-6-3-5-13(18(15)26-2)19(24)20-10-11-22-17(23)9-8-14(21-22)16-7-4-12-27-16/h3-9,12H,10-11H2,1-2H3,(H,20,24). The Hall–Kier alpha value is -3.13. The van der Waals surface area contributed by atoms with Gasteiger partial charge in [0, 0.05) is 12.6 Å². The van der Waals surface area contributed by atoms with E-state index in [9.17, 15) is 9.59 Å². The number of thiophene rings is 1. The lowest BCUT2D eigenvalue weighted by atomic mass is 10.1. The van der Waals surface area contributed by atoms with E-state index in [1.54, 1.807) is 35.6 Å². The van der Waals surface area contributed by atoms with Crippen LogP contribution in [0.15, 0.2) is 52.6 Å². The molecule has 0 atom stereocenters. The predicted molar refractivity (Wildman–Crippen MR) is 104 cm³/mol. The van der Waals surface area contributed by atoms with Crippen molar-refractivity contribution in [1.29, 1.82) is 0 Å². The first kappa shape index (κ1) is 18.7. The molecular weight excluding hydrogens is 366 g/mol. The van der Waals surface area contributed by atoms with Gasteiger partial charge in [-0.1, -0.05) is 12.1 Å². The first-order valence-electron chi connectivity index (χ1n) is 8.25. The highest BCUT2D eigenvalue weighted by atomic mass is 32.1. The summed E-state index contributed by atoms with van der Waals surface area (Å²) in [4.78, 5) is 25.5. The van der Waals surface area contributed by atoms with Crippen molar-refractivity contribution in [3.05, 3.63) is 63.8 Å². The molecule has 27 heavy (non-hydrogen) atoms. The number of para-hydroxylation sites is 1. The Bertz CT molecular complexity index is 983. The number of hydrogen-bond acceptors (Lipinski definition) is 6. The molecule has 0 aliphatic carbocycles. The van der Waals surface area contributed by atoms with Crippen molar-refractivity contribution in [1.82, 2.24) is 15.1 Å². The van der Waals surface area contributed by atoms with Gasteiger partial charge >= 0.3 is 0 Å². The molecule has 2 heterocycles. The van der Waals surface area contributed by atoms with Crippen LogP contribution in [0.2, 0.25) is 0 Å². The lowest BCUT2D eigenvalue weighted by Gasteiger charge is -2.13. The van der Waals surface area contributed by atoms with Gasteiger partial charge in [-0.15, -0.1) is 11.3 Å². The topological polar surface area (TPSA) is 82.5 Å². The zero-order valence-corrected chi connectivity index (χ0v) is 15.8. The van der Waals surface area contributed by atoms with E-state index in [2.05, 4.69) is 10.4 Å². The number of benzene rings is 1. The fourth-order valence-corrected chi connectivity index (χ4v) is 3.29. The summed E-state index contributed by atoms with van der Waals surface area (Å²) < 4.78 is 11.8. The van der Waals surface area contributed by atoms with Gasteiger partial charge in [0.1, 0.15) is 5.69 Å². The second-order valence-electron chi connectivity index (χ2n) is 5.55. The Kier molecular flexibility index (Phi) is 5.87. The number of methoxy groups -OCH3 is 2. The van der Waals surface area contributed by atoms with Crippen LogP contribution in [0.1, 0.15) is 10.4 Å². The van der Waals surface area contributed by atoms with Crippen molar-refractivity contribution in [3.63, 3.8) is 0 Å². The highest BCUT2D eigenvalue weighted by Gasteiger charge is 2.16. The first-order valence-corrected chi connectivity index (χ1v) is 9.13. The molecule has 1 N–H and O–H groups in total. The SMILES string of the molecule is COc1cccc(C(=O)NCCn2nc(-c3cccs3)ccc2=O)c1OC. The Morgan fingerprint density at radius 3 is 2.70 bits per heavy atom. The largest absolute Gasteiger partial charge is 0.493 e. The quantitative estimate of drug-likeness (QED) is 0.675. The molecule has 0 saturated carbocycles. The maximum atomic E-state index is 12.5. The summed E-state index contributed by atoms with van der Waals surface area (Å²) >= 11 is 1.55. The van der Waals surface area contributed by atoms with E-state index in [-0.39, 0.29) is 24.6 Å². The molecule has 8 heteroatoms. The molecule has 3 aromatic rings. The maximum absolute atomic E-state index is 12.5. The van der Waals surface area contributed by atoms with Crippen molar-refractivity contribution in [2.24, 2.45) is 0 Å². The van der Waals surface area contributed by atoms with Gasteiger partial charge in [-0.3, -0.25) is 9.59 Å². The summed E-state index contributed by atoms with van der Waals surface area (Å²) in [7, 11) is 2.99. The number of carbonyl (C=O) groups excluding carboxylic acids is 1. The zero-order valence-electron chi connectivity index (χ0n) is 15.0. The van der Waals surface area contributed by atoms with Gasteiger partial charge in [0.05, 0.1) is 31.2 Å². The highest BCUT2D eigenvalue weighted by Crippen LogP contribution is 2.30. The zero-order chi connectivity index (χ0) is 19.2. The number of amides is 1. The van der Waals surface area contributed by atoms with Gasteiger partial charge in [0.15, 0.2) is 11.5 Å². The molecule has 1 aromatic carbocycles. The summed E-state index contributed by atoms with van der Waals surface area (Å²) in [5, 5.41) is 9.10. The summed E-state index contributed by atoms with van der Waals surface area (Å²) in [5.41, 5.74) is 0.874. The molecule has 0 fully saturated rings. The van der Waals surface area contributed by atoms with Gasteiger partial charge in [-0.2, -0.15) is 5.10 Å². The lowest BCUT2D eigenvalue weighted by molar-refractivity contribution is 0.0948. The number of ether oxygens (including phenoxy) is 2. The van der Waals surface area contributed by atoms with Gasteiger partial charge < -0.3 is 14.8 Å². The molecule has 140 valence electrons. The van der Waals surface area contributed by atoms with Gasteiger partial charge in [0.25, 0.3) is 11.5 Å². The predicted octanol–water partition coefficient (Wildman–Crippen LogP) is 2.42. The van der Waals surface area contributed by atoms with Gasteiger partial charge in [0.2, 0.25) is 0 Å². The van der Waals surface area contributed by atoms with Crippen LogP contribution in [0.3, 0.4) is 0 Å². The Balaban J connectivity index is 1.69. The molecule has 0 spiro atoms. The van der Waals surface area contributed by atoms with Crippen molar-refractivity contribution >= 4 is 17.2 Å². The van der Waals surface area contributed by atoms with E-state index in [1.807, 2.05) is 17.5 Å². The summed E-state index contributed by atoms with van der Waals surface area (Å²) in [6, 6.07) is 12.1. The van der Waals surface area contributed by atoms with Crippen molar-refractivity contribution in [3.8, 4) is 22.1 Å². The monoisotopic (exact) mass is 385 g/mol. The molecule has 2 aromatic heterocycles. The molecule has 0 radical (unpaired) electrons. The molecule has 0 aliphatic heterocycles. The summed E-state index contributed by atoms with van der Waals surface area (Å²) in [6.07, 6.45) is 0. The molecule has 0 unspecified atom stereocenters. The van der Waals surface area contributed by atoms with Crippen LogP contribution in [0.25, 0.3) is 10.6 Å². The number of nitrogens with zero attached hydrogens (tertiary/aromatic N) is 2. The van der Waals surface area contributed by atoms with E-state index >= 15 is 0 Å². The molecule has 3 rings (SSSR count). The molecule has 0 bridgehead atoms. The number of hydrogen-bond donors (Lipinski definition) is 1. The molecule has 1 amide bonds. The fraction of sp³-hybridized carbons (Fsp3) is 0.211. The maximum Gasteiger partial charge on any atom is 0.266 e. The van der Waals surface area contributed by atoms with E-state index < -0.39 is 0 Å². The van der Waals surface area contributed by atoms with E-state index in [0.29, 0.717) is 17.1 Å². The Morgan fingerprint density at radius 1 is 1.15 bits per heavy atom. The van der Waals surface area contributed by atoms with Crippen LogP contribution in [-0.4, -0.2) is 36.5 Å². The number of nitrogens with one attached hydrogen (secondary N) is 1. The first-order chi connectivity index (χ1) is 13.1. The van der Waals surface area contributed by atoms with Crippen LogP contribution in [-0.2, 0) is 6.54 Å². The number of rotatable bonds is 7. The lowest BCUT2D eigenvalue weighted by Crippen LogP contribution is -2.32. The molecule has 0 aliphatic rings. The van der Waals surface area contributed by atoms with E-state index in [0.717, 1.165) is 10.6 Å². The van der Waals surface area contributed by atoms with Crippen LogP contribution in [0.5, 0.6) is 11.5 Å². The van der Waals surface area contributed by atoms with E-state index in [1.165, 1.54) is 25.0 Å². The minimum atomic E-state index is -0.312. The number of aromatic nitrogens is 2. The Morgan fingerprint density at radius 2 is 2.00 bits per heavy atom. The van der Waals surface area contributed by atoms with Gasteiger partial charge in [-0.25, -0.2) is 4.68 Å². The minimum absolute atomic E-state index is 0.219. The smallest absolute Gasteiger partial charge is 0.266 e. The average molecular weight is 385 g/mol. The van der Waals surface area contributed by atoms with Crippen molar-refractivity contribution < 1.29 is 14.3 Å². The average Bonchev–Trinajstić information content (AvgIpc) is 3.23. The molecule has 0 saturated heterocycles. The minimum Gasteiger partial charge on any atom is -0.493 e. The molecule has 7 nitrogen and oxygen atoms in total. The second-order valence-corrected chi connectivity index (χ2v) is 6.50. The third-order valence-corrected chi connectivity index (χ3v) is 4.79. The third kappa shape index (κ3) is 4.17. The fourth-order valence-electron chi connectivity index (χ4n) is 2.60. The summed E-state index contributed by atoms with van der Waals surface area (Å²) in [6.45, 7) is 0.510. The van der Waals surface area contributed by atoms with Gasteiger partial charge in [-0.05, 0) is 29.6 Å². The van der Waals surface area contributed by atoms with E-state index in [4.69, 9.17) is 9.47 Å². The second kappa shape index (κ2) is 8.50. The third-order valence-electron chi connectivity index (χ3n) is 3.90. The van der Waals surface area contributed by atoms with Crippen LogP contribution in [0, 0.1) is 0 Å². The number of carbonyl (C=O) groups is 1. The summed E-state index contributed by atoms with van der Waals surface area (Å²) in [5.74, 6) is 0.535. The van der Waals surface area contributed by atoms with Crippen LogP contribution < -0.4 is 20.3 Å². The highest BCUT2D eigenvalue weighted by molar-refractivity contribution is 7.13. The van der Waals surface area contributed by atoms with Crippen molar-refractivity contribution in [2.75, 3.05) is 20.8 Å². The van der Waals surface area contributed by atoms with Crippen LogP contribution >= 0.6 is 11.3 Å². The normalized spacial score (nSPS) is 10.4. The Labute approximate surface area is 160 Å². The van der Waals surface area contributed by atoms with Crippen molar-refractivity contribution in [2.45, 2.75) is 6.54 Å². The molecular formula is C19H19N3O4S. The van der Waals surface area contributed by atoms with Crippen LogP contribution in [0.4, 0.5) is 0 Å².